The first kappa shape index (κ1) is 7.03. The van der Waals surface area contributed by atoms with Crippen molar-refractivity contribution in [3.63, 3.8) is 0 Å². The maximum absolute atomic E-state index is 12.7. The van der Waals surface area contributed by atoms with Crippen LogP contribution in [0.25, 0.3) is 11.3 Å². The Morgan fingerprint density at radius 3 is 2.83 bits per heavy atom. The van der Waals surface area contributed by atoms with Gasteiger partial charge in [-0.25, -0.2) is 4.39 Å². The Morgan fingerprint density at radius 1 is 1.25 bits per heavy atom. The molecule has 0 bridgehead atoms. The molecule has 2 nitrogen and oxygen atoms in total. The molecule has 0 radical (unpaired) electrons. The lowest BCUT2D eigenvalue weighted by atomic mass is 10.2. The summed E-state index contributed by atoms with van der Waals surface area (Å²) in [4.78, 5) is 0. The molecule has 0 saturated carbocycles. The van der Waals surface area contributed by atoms with Crippen LogP contribution in [0.3, 0.4) is 0 Å². The quantitative estimate of drug-likeness (QED) is 0.645. The van der Waals surface area contributed by atoms with Crippen LogP contribution in [0.5, 0.6) is 0 Å². The first-order valence-electron chi connectivity index (χ1n) is 3.53. The van der Waals surface area contributed by atoms with Crippen LogP contribution in [0, 0.1) is 5.82 Å². The van der Waals surface area contributed by atoms with E-state index in [1.807, 2.05) is 0 Å². The van der Waals surface area contributed by atoms with E-state index in [9.17, 15) is 4.39 Å². The zero-order valence-electron chi connectivity index (χ0n) is 6.20. The van der Waals surface area contributed by atoms with E-state index in [2.05, 4.69) is 5.16 Å². The molecule has 2 aromatic rings. The molecule has 0 unspecified atom stereocenters. The molecule has 0 spiro atoms. The summed E-state index contributed by atoms with van der Waals surface area (Å²) in [5.41, 5.74) is 0.701. The van der Waals surface area contributed by atoms with Gasteiger partial charge in [0.2, 0.25) is 0 Å². The third-order valence-corrected chi connectivity index (χ3v) is 1.55. The maximum atomic E-state index is 12.7. The smallest absolute Gasteiger partial charge is 0.166 e. The standard InChI is InChI=1S/C9H6FNO/c10-8-3-1-2-7(6-8)9-4-5-11-12-9/h1-6H. The number of halogens is 1. The summed E-state index contributed by atoms with van der Waals surface area (Å²) in [5, 5.41) is 3.53. The van der Waals surface area contributed by atoms with Crippen molar-refractivity contribution in [1.82, 2.24) is 5.16 Å². The van der Waals surface area contributed by atoms with Gasteiger partial charge in [0.15, 0.2) is 5.76 Å². The van der Waals surface area contributed by atoms with Gasteiger partial charge < -0.3 is 4.52 Å². The molecule has 0 saturated heterocycles. The van der Waals surface area contributed by atoms with Gasteiger partial charge in [0.1, 0.15) is 5.82 Å². The van der Waals surface area contributed by atoms with Crippen molar-refractivity contribution >= 4 is 0 Å². The number of hydrogen-bond acceptors (Lipinski definition) is 2. The summed E-state index contributed by atoms with van der Waals surface area (Å²) in [7, 11) is 0. The largest absolute Gasteiger partial charge is 0.356 e. The summed E-state index contributed by atoms with van der Waals surface area (Å²) in [6.07, 6.45) is 1.53. The Labute approximate surface area is 68.6 Å². The van der Waals surface area contributed by atoms with Crippen LogP contribution in [0.4, 0.5) is 4.39 Å². The van der Waals surface area contributed by atoms with E-state index in [4.69, 9.17) is 4.52 Å². The van der Waals surface area contributed by atoms with Gasteiger partial charge in [0, 0.05) is 11.6 Å². The highest BCUT2D eigenvalue weighted by Gasteiger charge is 2.01. The minimum atomic E-state index is -0.274. The molecule has 0 atom stereocenters. The molecule has 60 valence electrons. The molecule has 3 heteroatoms. The third kappa shape index (κ3) is 1.21. The van der Waals surface area contributed by atoms with Crippen molar-refractivity contribution in [2.75, 3.05) is 0 Å². The van der Waals surface area contributed by atoms with Crippen LogP contribution in [0.15, 0.2) is 41.1 Å². The second kappa shape index (κ2) is 2.77. The van der Waals surface area contributed by atoms with Crippen LogP contribution in [-0.2, 0) is 0 Å². The fourth-order valence-electron chi connectivity index (χ4n) is 1.01. The molecule has 0 amide bonds. The molecule has 0 aliphatic heterocycles. The van der Waals surface area contributed by atoms with Gasteiger partial charge in [-0.05, 0) is 12.1 Å². The Hall–Kier alpha value is -1.64. The van der Waals surface area contributed by atoms with Gasteiger partial charge in [0.25, 0.3) is 0 Å². The first-order valence-corrected chi connectivity index (χ1v) is 3.53. The van der Waals surface area contributed by atoms with Crippen LogP contribution in [-0.4, -0.2) is 5.16 Å². The van der Waals surface area contributed by atoms with Gasteiger partial charge >= 0.3 is 0 Å². The van der Waals surface area contributed by atoms with Crippen LogP contribution < -0.4 is 0 Å². The van der Waals surface area contributed by atoms with Gasteiger partial charge in [-0.1, -0.05) is 17.3 Å². The normalized spacial score (nSPS) is 10.1. The lowest BCUT2D eigenvalue weighted by Crippen LogP contribution is -1.75. The number of aromatic nitrogens is 1. The summed E-state index contributed by atoms with van der Waals surface area (Å²) < 4.78 is 17.6. The van der Waals surface area contributed by atoms with Crippen molar-refractivity contribution in [3.8, 4) is 11.3 Å². The highest BCUT2D eigenvalue weighted by molar-refractivity contribution is 5.56. The van der Waals surface area contributed by atoms with E-state index in [1.165, 1.54) is 18.3 Å². The van der Waals surface area contributed by atoms with E-state index in [1.54, 1.807) is 18.2 Å². The molecule has 1 aromatic heterocycles. The summed E-state index contributed by atoms with van der Waals surface area (Å²) in [6, 6.07) is 7.88. The van der Waals surface area contributed by atoms with E-state index in [0.717, 1.165) is 0 Å². The van der Waals surface area contributed by atoms with E-state index in [-0.39, 0.29) is 5.82 Å². The Bertz CT molecular complexity index is 370. The van der Waals surface area contributed by atoms with Crippen LogP contribution >= 0.6 is 0 Å². The lowest BCUT2D eigenvalue weighted by Gasteiger charge is -1.93. The zero-order chi connectivity index (χ0) is 8.39. The molecule has 0 aliphatic rings. The lowest BCUT2D eigenvalue weighted by molar-refractivity contribution is 0.432. The predicted octanol–water partition coefficient (Wildman–Crippen LogP) is 2.48. The van der Waals surface area contributed by atoms with E-state index >= 15 is 0 Å². The molecule has 2 rings (SSSR count). The second-order valence-electron chi connectivity index (χ2n) is 2.39. The van der Waals surface area contributed by atoms with Crippen molar-refractivity contribution in [2.45, 2.75) is 0 Å². The topological polar surface area (TPSA) is 26.0 Å². The Balaban J connectivity index is 2.48. The maximum Gasteiger partial charge on any atom is 0.166 e. The minimum Gasteiger partial charge on any atom is -0.356 e. The van der Waals surface area contributed by atoms with Crippen molar-refractivity contribution < 1.29 is 8.91 Å². The predicted molar refractivity (Wildman–Crippen MR) is 41.9 cm³/mol. The summed E-state index contributed by atoms with van der Waals surface area (Å²) in [5.74, 6) is 0.304. The Kier molecular flexibility index (Phi) is 1.63. The monoisotopic (exact) mass is 163 g/mol. The molecular weight excluding hydrogens is 157 g/mol. The van der Waals surface area contributed by atoms with Gasteiger partial charge in [0.05, 0.1) is 6.20 Å². The van der Waals surface area contributed by atoms with Crippen LogP contribution in [0.2, 0.25) is 0 Å². The van der Waals surface area contributed by atoms with Crippen molar-refractivity contribution in [2.24, 2.45) is 0 Å². The number of nitrogens with zero attached hydrogens (tertiary/aromatic N) is 1. The highest BCUT2D eigenvalue weighted by atomic mass is 19.1. The average Bonchev–Trinajstić information content (AvgIpc) is 2.56. The molecule has 0 aliphatic carbocycles. The SMILES string of the molecule is Fc1cccc(-c2ccno2)c1. The highest BCUT2D eigenvalue weighted by Crippen LogP contribution is 2.18. The first-order chi connectivity index (χ1) is 5.86. The fourth-order valence-corrected chi connectivity index (χ4v) is 1.01. The number of hydrogen-bond donors (Lipinski definition) is 0. The summed E-state index contributed by atoms with van der Waals surface area (Å²) in [6.45, 7) is 0. The molecule has 1 heterocycles. The molecule has 12 heavy (non-hydrogen) atoms. The molecule has 0 N–H and O–H groups in total. The third-order valence-electron chi connectivity index (χ3n) is 1.55. The zero-order valence-corrected chi connectivity index (χ0v) is 6.20. The van der Waals surface area contributed by atoms with Gasteiger partial charge in [-0.15, -0.1) is 0 Å². The summed E-state index contributed by atoms with van der Waals surface area (Å²) >= 11 is 0. The van der Waals surface area contributed by atoms with E-state index < -0.39 is 0 Å². The number of rotatable bonds is 1. The van der Waals surface area contributed by atoms with Crippen molar-refractivity contribution in [3.05, 3.63) is 42.3 Å². The average molecular weight is 163 g/mol. The minimum absolute atomic E-state index is 0.274. The van der Waals surface area contributed by atoms with Crippen molar-refractivity contribution in [1.29, 1.82) is 0 Å². The second-order valence-corrected chi connectivity index (χ2v) is 2.39. The van der Waals surface area contributed by atoms with Crippen LogP contribution in [0.1, 0.15) is 0 Å². The molecular formula is C9H6FNO. The molecule has 0 fully saturated rings. The van der Waals surface area contributed by atoms with Gasteiger partial charge in [-0.3, -0.25) is 0 Å². The Morgan fingerprint density at radius 2 is 2.17 bits per heavy atom. The number of benzene rings is 1. The van der Waals surface area contributed by atoms with Gasteiger partial charge in [-0.2, -0.15) is 0 Å². The van der Waals surface area contributed by atoms with E-state index in [0.29, 0.717) is 11.3 Å². The molecule has 1 aromatic carbocycles. The fraction of sp³-hybridized carbons (Fsp3) is 0.